The lowest BCUT2D eigenvalue weighted by Gasteiger charge is -2.14. The molecule has 0 heterocycles. The third-order valence-corrected chi connectivity index (χ3v) is 1.64. The second-order valence-electron chi connectivity index (χ2n) is 2.82. The van der Waals surface area contributed by atoms with Gasteiger partial charge in [-0.25, -0.2) is 0 Å². The molecule has 0 saturated heterocycles. The van der Waals surface area contributed by atoms with Gasteiger partial charge in [0, 0.05) is 0 Å². The van der Waals surface area contributed by atoms with Crippen molar-refractivity contribution in [2.24, 2.45) is 0 Å². The molecule has 0 saturated carbocycles. The molecular weight excluding hydrogens is 225 g/mol. The molecule has 89 valence electrons. The van der Waals surface area contributed by atoms with Crippen molar-refractivity contribution in [1.82, 2.24) is 0 Å². The summed E-state index contributed by atoms with van der Waals surface area (Å²) in [7, 11) is 0. The number of hydrogen-bond acceptors (Lipinski definition) is 3. The average Bonchev–Trinajstić information content (AvgIpc) is 2.18. The zero-order valence-electron chi connectivity index (χ0n) is 8.41. The third kappa shape index (κ3) is 3.62. The monoisotopic (exact) mass is 235 g/mol. The predicted octanol–water partition coefficient (Wildman–Crippen LogP) is 2.87. The fourth-order valence-electron chi connectivity index (χ4n) is 1.08. The van der Waals surface area contributed by atoms with Crippen molar-refractivity contribution in [1.29, 1.82) is 0 Å². The number of aliphatic hydroxyl groups excluding tert-OH is 1. The van der Waals surface area contributed by atoms with Gasteiger partial charge in [-0.3, -0.25) is 0 Å². The molecule has 1 radical (unpaired) electrons. The number of hydrogen-bond donors (Lipinski definition) is 1. The van der Waals surface area contributed by atoms with Crippen LogP contribution >= 0.6 is 0 Å². The van der Waals surface area contributed by atoms with Gasteiger partial charge >= 0.3 is 6.36 Å². The Labute approximate surface area is 90.4 Å². The molecule has 16 heavy (non-hydrogen) atoms. The van der Waals surface area contributed by atoms with Gasteiger partial charge in [0.15, 0.2) is 11.5 Å². The van der Waals surface area contributed by atoms with Crippen LogP contribution < -0.4 is 9.47 Å². The highest BCUT2D eigenvalue weighted by molar-refractivity contribution is 5.44. The Morgan fingerprint density at radius 2 is 2.00 bits per heavy atom. The maximum Gasteiger partial charge on any atom is 0.573 e. The second-order valence-corrected chi connectivity index (χ2v) is 2.82. The summed E-state index contributed by atoms with van der Waals surface area (Å²) >= 11 is 0. The van der Waals surface area contributed by atoms with E-state index in [4.69, 9.17) is 9.84 Å². The summed E-state index contributed by atoms with van der Waals surface area (Å²) in [5.74, 6) is -0.498. The molecule has 1 aromatic rings. The summed E-state index contributed by atoms with van der Waals surface area (Å²) in [5, 5.41) is 8.68. The Bertz CT molecular complexity index is 350. The zero-order valence-corrected chi connectivity index (χ0v) is 8.41. The van der Waals surface area contributed by atoms with Crippen LogP contribution in [-0.2, 0) is 0 Å². The van der Waals surface area contributed by atoms with Gasteiger partial charge in [-0.1, -0.05) is 6.07 Å². The first-order valence-electron chi connectivity index (χ1n) is 4.46. The summed E-state index contributed by atoms with van der Waals surface area (Å²) in [5.41, 5.74) is 0.197. The summed E-state index contributed by atoms with van der Waals surface area (Å²) < 4.78 is 44.9. The SMILES string of the molecule is CCOc1ccc([CH]O)cc1OC(F)(F)F. The molecule has 6 heteroatoms. The molecule has 0 aliphatic heterocycles. The van der Waals surface area contributed by atoms with Gasteiger partial charge in [0.05, 0.1) is 6.61 Å². The van der Waals surface area contributed by atoms with E-state index in [9.17, 15) is 13.2 Å². The van der Waals surface area contributed by atoms with E-state index in [1.54, 1.807) is 6.92 Å². The van der Waals surface area contributed by atoms with Crippen LogP contribution in [0.25, 0.3) is 0 Å². The fraction of sp³-hybridized carbons (Fsp3) is 0.300. The van der Waals surface area contributed by atoms with E-state index in [1.807, 2.05) is 0 Å². The largest absolute Gasteiger partial charge is 0.573 e. The number of alkyl halides is 3. The molecule has 0 fully saturated rings. The lowest BCUT2D eigenvalue weighted by molar-refractivity contribution is -0.275. The average molecular weight is 235 g/mol. The van der Waals surface area contributed by atoms with E-state index < -0.39 is 12.1 Å². The Morgan fingerprint density at radius 3 is 2.50 bits per heavy atom. The minimum atomic E-state index is -4.79. The van der Waals surface area contributed by atoms with Crippen LogP contribution in [0, 0.1) is 6.61 Å². The van der Waals surface area contributed by atoms with Gasteiger partial charge in [0.2, 0.25) is 0 Å². The highest BCUT2D eigenvalue weighted by Gasteiger charge is 2.32. The first kappa shape index (κ1) is 12.6. The Kier molecular flexibility index (Phi) is 4.00. The van der Waals surface area contributed by atoms with E-state index >= 15 is 0 Å². The van der Waals surface area contributed by atoms with E-state index in [-0.39, 0.29) is 17.9 Å². The van der Waals surface area contributed by atoms with Crippen molar-refractivity contribution in [3.05, 3.63) is 30.4 Å². The van der Waals surface area contributed by atoms with Crippen molar-refractivity contribution in [3.8, 4) is 11.5 Å². The smallest absolute Gasteiger partial charge is 0.490 e. The van der Waals surface area contributed by atoms with Gasteiger partial charge < -0.3 is 14.6 Å². The lowest BCUT2D eigenvalue weighted by Crippen LogP contribution is -2.18. The van der Waals surface area contributed by atoms with Crippen LogP contribution in [0.5, 0.6) is 11.5 Å². The molecule has 0 aliphatic carbocycles. The zero-order chi connectivity index (χ0) is 12.2. The number of benzene rings is 1. The maximum absolute atomic E-state index is 12.0. The summed E-state index contributed by atoms with van der Waals surface area (Å²) in [6.45, 7) is 2.54. The van der Waals surface area contributed by atoms with E-state index in [1.165, 1.54) is 12.1 Å². The molecule has 1 N–H and O–H groups in total. The predicted molar refractivity (Wildman–Crippen MR) is 49.6 cm³/mol. The van der Waals surface area contributed by atoms with Gasteiger partial charge in [-0.2, -0.15) is 0 Å². The highest BCUT2D eigenvalue weighted by atomic mass is 19.4. The molecule has 0 atom stereocenters. The molecule has 0 bridgehead atoms. The van der Waals surface area contributed by atoms with Gasteiger partial charge in [0.25, 0.3) is 0 Å². The molecule has 0 unspecified atom stereocenters. The fourth-order valence-corrected chi connectivity index (χ4v) is 1.08. The van der Waals surface area contributed by atoms with Gasteiger partial charge in [0.1, 0.15) is 6.61 Å². The molecule has 0 spiro atoms. The normalized spacial score (nSPS) is 11.3. The maximum atomic E-state index is 12.0. The Hall–Kier alpha value is -1.43. The van der Waals surface area contributed by atoms with Crippen LogP contribution in [-0.4, -0.2) is 18.1 Å². The Balaban J connectivity index is 3.00. The van der Waals surface area contributed by atoms with Gasteiger partial charge in [-0.15, -0.1) is 13.2 Å². The molecular formula is C10H10F3O3. The molecule has 3 nitrogen and oxygen atoms in total. The topological polar surface area (TPSA) is 38.7 Å². The molecule has 1 rings (SSSR count). The molecule has 1 aromatic carbocycles. The lowest BCUT2D eigenvalue weighted by atomic mass is 10.2. The van der Waals surface area contributed by atoms with Crippen LogP contribution in [0.2, 0.25) is 0 Å². The van der Waals surface area contributed by atoms with Crippen molar-refractivity contribution < 1.29 is 27.8 Å². The Morgan fingerprint density at radius 1 is 1.31 bits per heavy atom. The first-order chi connectivity index (χ1) is 7.46. The highest BCUT2D eigenvalue weighted by Crippen LogP contribution is 2.33. The number of aliphatic hydroxyl groups is 1. The minimum absolute atomic E-state index is 0.0228. The number of halogens is 3. The van der Waals surface area contributed by atoms with Crippen molar-refractivity contribution in [2.75, 3.05) is 6.61 Å². The van der Waals surface area contributed by atoms with Crippen molar-refractivity contribution >= 4 is 0 Å². The van der Waals surface area contributed by atoms with Crippen LogP contribution in [0.3, 0.4) is 0 Å². The summed E-state index contributed by atoms with van der Waals surface area (Å²) in [6, 6.07) is 3.75. The first-order valence-corrected chi connectivity index (χ1v) is 4.46. The summed E-state index contributed by atoms with van der Waals surface area (Å²) in [4.78, 5) is 0. The summed E-state index contributed by atoms with van der Waals surface area (Å²) in [6.07, 6.45) is -4.79. The molecule has 0 aliphatic rings. The van der Waals surface area contributed by atoms with E-state index in [0.29, 0.717) is 6.61 Å². The molecule has 0 aromatic heterocycles. The van der Waals surface area contributed by atoms with Crippen molar-refractivity contribution in [3.63, 3.8) is 0 Å². The standard InChI is InChI=1S/C10H10F3O3/c1-2-15-8-4-3-7(6-14)5-9(8)16-10(11,12)13/h3-6,14H,2H2,1H3. The third-order valence-electron chi connectivity index (χ3n) is 1.64. The van der Waals surface area contributed by atoms with Crippen LogP contribution in [0.4, 0.5) is 13.2 Å². The minimum Gasteiger partial charge on any atom is -0.490 e. The molecule has 0 amide bonds. The van der Waals surface area contributed by atoms with E-state index in [2.05, 4.69) is 4.74 Å². The number of rotatable bonds is 4. The van der Waals surface area contributed by atoms with Gasteiger partial charge in [-0.05, 0) is 24.6 Å². The quantitative estimate of drug-likeness (QED) is 0.872. The van der Waals surface area contributed by atoms with Crippen molar-refractivity contribution in [2.45, 2.75) is 13.3 Å². The number of ether oxygens (including phenoxy) is 2. The van der Waals surface area contributed by atoms with Crippen LogP contribution in [0.1, 0.15) is 12.5 Å². The van der Waals surface area contributed by atoms with Crippen LogP contribution in [0.15, 0.2) is 18.2 Å². The second kappa shape index (κ2) is 5.07. The van der Waals surface area contributed by atoms with E-state index in [0.717, 1.165) is 6.07 Å².